The van der Waals surface area contributed by atoms with Gasteiger partial charge in [-0.25, -0.2) is 0 Å². The fraction of sp³-hybridized carbons (Fsp3) is 0.152. The second kappa shape index (κ2) is 11.8. The van der Waals surface area contributed by atoms with Gasteiger partial charge in [-0.15, -0.1) is 0 Å². The SMILES string of the molecule is Cc1ccc(OP(n2cccc2)n2cccc2)c(-c2c(OP(n3cccc3)n3cccc3)ccc(C)c2C2C[I-]2)c1C. The van der Waals surface area contributed by atoms with Crippen LogP contribution in [0.3, 0.4) is 0 Å². The molecule has 6 nitrogen and oxygen atoms in total. The Morgan fingerprint density at radius 2 is 0.952 bits per heavy atom. The van der Waals surface area contributed by atoms with Crippen molar-refractivity contribution in [2.45, 2.75) is 24.7 Å². The molecular weight excluding hydrogens is 673 g/mol. The average Bonchev–Trinajstić information content (AvgIpc) is 3.59. The van der Waals surface area contributed by atoms with Crippen LogP contribution in [-0.2, 0) is 0 Å². The molecule has 0 bridgehead atoms. The van der Waals surface area contributed by atoms with Crippen molar-refractivity contribution in [1.82, 2.24) is 17.4 Å². The first-order valence-electron chi connectivity index (χ1n) is 13.9. The fourth-order valence-corrected chi connectivity index (χ4v) is 10.2. The summed E-state index contributed by atoms with van der Waals surface area (Å²) in [5.74, 6) is 1.79. The molecule has 7 rings (SSSR count). The van der Waals surface area contributed by atoms with Crippen molar-refractivity contribution in [2.75, 3.05) is 4.43 Å². The molecule has 1 fully saturated rings. The first-order valence-corrected chi connectivity index (χ1v) is 19.0. The second-order valence-electron chi connectivity index (χ2n) is 10.3. The van der Waals surface area contributed by atoms with Crippen LogP contribution in [0.25, 0.3) is 11.1 Å². The molecule has 214 valence electrons. The summed E-state index contributed by atoms with van der Waals surface area (Å²) in [4.78, 5) is 0. The van der Waals surface area contributed by atoms with E-state index in [-0.39, 0.29) is 21.2 Å². The molecule has 0 spiro atoms. The fourth-order valence-electron chi connectivity index (χ4n) is 5.18. The number of aromatic nitrogens is 4. The molecule has 0 aliphatic carbocycles. The molecular formula is C33H32IN4O2P2-. The van der Waals surface area contributed by atoms with Crippen LogP contribution < -0.4 is 30.3 Å². The Balaban J connectivity index is 1.41. The maximum atomic E-state index is 7.10. The van der Waals surface area contributed by atoms with Crippen molar-refractivity contribution in [3.8, 4) is 22.6 Å². The number of alkyl halides is 2. The van der Waals surface area contributed by atoms with Gasteiger partial charge in [-0.1, -0.05) is 0 Å². The molecule has 1 unspecified atom stereocenters. The number of hydrogen-bond acceptors (Lipinski definition) is 2. The van der Waals surface area contributed by atoms with Gasteiger partial charge < -0.3 is 0 Å². The van der Waals surface area contributed by atoms with Gasteiger partial charge in [0.2, 0.25) is 0 Å². The van der Waals surface area contributed by atoms with E-state index >= 15 is 0 Å². The molecule has 2 aromatic carbocycles. The topological polar surface area (TPSA) is 38.2 Å². The van der Waals surface area contributed by atoms with E-state index in [1.54, 1.807) is 0 Å². The monoisotopic (exact) mass is 705 g/mol. The van der Waals surface area contributed by atoms with Crippen molar-refractivity contribution in [3.63, 3.8) is 0 Å². The van der Waals surface area contributed by atoms with E-state index in [2.05, 4.69) is 160 Å². The third-order valence-corrected chi connectivity index (χ3v) is 13.3. The Bertz CT molecular complexity index is 1710. The van der Waals surface area contributed by atoms with E-state index in [1.807, 2.05) is 0 Å². The zero-order chi connectivity index (χ0) is 28.6. The van der Waals surface area contributed by atoms with Crippen LogP contribution >= 0.6 is 16.9 Å². The Morgan fingerprint density at radius 1 is 0.571 bits per heavy atom. The number of aryl methyl sites for hydroxylation is 2. The van der Waals surface area contributed by atoms with E-state index in [0.29, 0.717) is 3.92 Å². The van der Waals surface area contributed by atoms with Gasteiger partial charge in [0.25, 0.3) is 0 Å². The van der Waals surface area contributed by atoms with E-state index in [1.165, 1.54) is 32.2 Å². The van der Waals surface area contributed by atoms with Crippen LogP contribution in [0.5, 0.6) is 11.5 Å². The molecule has 42 heavy (non-hydrogen) atoms. The van der Waals surface area contributed by atoms with Gasteiger partial charge in [0, 0.05) is 0 Å². The van der Waals surface area contributed by atoms with E-state index in [9.17, 15) is 0 Å². The molecule has 0 N–H and O–H groups in total. The van der Waals surface area contributed by atoms with Crippen molar-refractivity contribution < 1.29 is 30.3 Å². The summed E-state index contributed by atoms with van der Waals surface area (Å²) in [6.07, 6.45) is 16.6. The normalized spacial score (nSPS) is 14.7. The molecule has 0 radical (unpaired) electrons. The average molecular weight is 705 g/mol. The van der Waals surface area contributed by atoms with Gasteiger partial charge in [-0.2, -0.15) is 0 Å². The number of rotatable bonds is 10. The maximum absolute atomic E-state index is 7.10. The summed E-state index contributed by atoms with van der Waals surface area (Å²) in [6.45, 7) is 6.67. The number of benzene rings is 2. The van der Waals surface area contributed by atoms with Crippen molar-refractivity contribution >= 4 is 16.9 Å². The number of nitrogens with zero attached hydrogens (tertiary/aromatic N) is 4. The first-order chi connectivity index (χ1) is 20.6. The summed E-state index contributed by atoms with van der Waals surface area (Å²) < 4.78 is 24.8. The summed E-state index contributed by atoms with van der Waals surface area (Å²) in [5, 5.41) is 0. The Labute approximate surface area is 259 Å². The Hall–Kier alpha value is -3.25. The van der Waals surface area contributed by atoms with Gasteiger partial charge in [-0.05, 0) is 0 Å². The molecule has 4 aromatic heterocycles. The van der Waals surface area contributed by atoms with Crippen molar-refractivity contribution in [1.29, 1.82) is 0 Å². The summed E-state index contributed by atoms with van der Waals surface area (Å²) in [7, 11) is -2.38. The molecule has 9 heteroatoms. The van der Waals surface area contributed by atoms with Crippen LogP contribution in [0.4, 0.5) is 0 Å². The van der Waals surface area contributed by atoms with Crippen LogP contribution in [0.1, 0.15) is 26.2 Å². The van der Waals surface area contributed by atoms with Crippen molar-refractivity contribution in [2.24, 2.45) is 0 Å². The molecule has 1 atom stereocenters. The molecule has 1 saturated heterocycles. The molecule has 0 saturated carbocycles. The predicted octanol–water partition coefficient (Wildman–Crippen LogP) is 6.03. The van der Waals surface area contributed by atoms with Crippen molar-refractivity contribution in [3.05, 3.63) is 145 Å². The molecule has 1 aliphatic heterocycles. The van der Waals surface area contributed by atoms with E-state index in [4.69, 9.17) is 9.05 Å². The van der Waals surface area contributed by atoms with Gasteiger partial charge in [0.1, 0.15) is 0 Å². The van der Waals surface area contributed by atoms with Crippen LogP contribution in [-0.4, -0.2) is 21.8 Å². The third-order valence-electron chi connectivity index (χ3n) is 7.50. The predicted molar refractivity (Wildman–Crippen MR) is 168 cm³/mol. The Morgan fingerprint density at radius 3 is 1.36 bits per heavy atom. The van der Waals surface area contributed by atoms with Crippen LogP contribution in [0, 0.1) is 20.8 Å². The zero-order valence-corrected chi connectivity index (χ0v) is 27.7. The molecule has 0 amide bonds. The zero-order valence-electron chi connectivity index (χ0n) is 23.7. The quantitative estimate of drug-likeness (QED) is 0.0993. The minimum atomic E-state index is -1.19. The number of hydrogen-bond donors (Lipinski definition) is 0. The van der Waals surface area contributed by atoms with E-state index < -0.39 is 16.9 Å². The van der Waals surface area contributed by atoms with Gasteiger partial charge in [-0.3, -0.25) is 0 Å². The molecule has 6 aromatic rings. The number of halogens is 1. The first kappa shape index (κ1) is 27.6. The summed E-state index contributed by atoms with van der Waals surface area (Å²) in [5.41, 5.74) is 7.56. The second-order valence-corrected chi connectivity index (χ2v) is 16.8. The summed E-state index contributed by atoms with van der Waals surface area (Å²) in [6, 6.07) is 25.2. The van der Waals surface area contributed by atoms with E-state index in [0.717, 1.165) is 17.1 Å². The third kappa shape index (κ3) is 5.34. The van der Waals surface area contributed by atoms with Gasteiger partial charge >= 0.3 is 261 Å². The van der Waals surface area contributed by atoms with Crippen LogP contribution in [0.15, 0.2) is 122 Å². The minimum absolute atomic E-state index is 0.151. The van der Waals surface area contributed by atoms with Crippen LogP contribution in [0.2, 0.25) is 0 Å². The molecule has 5 heterocycles. The standard InChI is InChI=1S/C33H32IN4O2P2/c1-25-12-14-29(39-41(35-16-4-5-17-35)36-18-6-7-19-36)32(27(25)3)33-30(15-13-26(2)31(33)28-24-34-28)40-42(37-20-8-9-21-37)38-22-10-11-23-38/h4-23,28H,24H2,1-3H3/q-1. The molecule has 1 aliphatic rings. The summed E-state index contributed by atoms with van der Waals surface area (Å²) >= 11 is 0.151. The van der Waals surface area contributed by atoms with Gasteiger partial charge in [0.05, 0.1) is 0 Å². The van der Waals surface area contributed by atoms with Gasteiger partial charge in [0.15, 0.2) is 0 Å². The Kier molecular flexibility index (Phi) is 7.74.